The number of hydrogen-bond acceptors (Lipinski definition) is 4. The van der Waals surface area contributed by atoms with E-state index in [0.717, 1.165) is 41.2 Å². The highest BCUT2D eigenvalue weighted by Crippen LogP contribution is 2.64. The van der Waals surface area contributed by atoms with Gasteiger partial charge in [0.15, 0.2) is 0 Å². The van der Waals surface area contributed by atoms with Gasteiger partial charge in [-0.1, -0.05) is 48.9 Å². The number of benzene rings is 2. The third-order valence-corrected chi connectivity index (χ3v) is 7.21. The Morgan fingerprint density at radius 3 is 2.58 bits per heavy atom. The van der Waals surface area contributed by atoms with Gasteiger partial charge < -0.3 is 5.32 Å². The molecule has 2 aromatic heterocycles. The number of aromatic nitrogens is 3. The number of H-pyrrole nitrogens is 1. The number of rotatable bonds is 3. The molecule has 0 radical (unpaired) electrons. The van der Waals surface area contributed by atoms with Crippen molar-refractivity contribution in [3.05, 3.63) is 82.4 Å². The first-order valence-electron chi connectivity index (χ1n) is 10.8. The maximum absolute atomic E-state index is 13.1. The number of para-hydroxylation sites is 1. The SMILES string of the molecule is O=C(NC1CC2(CCC2)C1c1n[nH]c(=O)c2ccccc12)c1ccc2ccccc2n1. The van der Waals surface area contributed by atoms with E-state index in [-0.39, 0.29) is 28.8 Å². The predicted molar refractivity (Wildman–Crippen MR) is 119 cm³/mol. The molecule has 2 saturated carbocycles. The van der Waals surface area contributed by atoms with Crippen LogP contribution in [0.3, 0.4) is 0 Å². The Morgan fingerprint density at radius 1 is 1.00 bits per heavy atom. The second-order valence-corrected chi connectivity index (χ2v) is 8.85. The van der Waals surface area contributed by atoms with Crippen LogP contribution in [-0.4, -0.2) is 27.1 Å². The summed E-state index contributed by atoms with van der Waals surface area (Å²) in [5, 5.41) is 12.9. The Kier molecular flexibility index (Phi) is 3.96. The van der Waals surface area contributed by atoms with Crippen molar-refractivity contribution in [3.8, 4) is 0 Å². The Morgan fingerprint density at radius 2 is 1.77 bits per heavy atom. The first kappa shape index (κ1) is 18.2. The summed E-state index contributed by atoms with van der Waals surface area (Å²) in [5.41, 5.74) is 2.11. The number of amides is 1. The zero-order chi connectivity index (χ0) is 21.0. The number of hydrogen-bond donors (Lipinski definition) is 2. The first-order chi connectivity index (χ1) is 15.1. The van der Waals surface area contributed by atoms with Crippen LogP contribution < -0.4 is 10.9 Å². The lowest BCUT2D eigenvalue weighted by Gasteiger charge is -2.60. The molecule has 6 heteroatoms. The van der Waals surface area contributed by atoms with E-state index in [0.29, 0.717) is 11.1 Å². The van der Waals surface area contributed by atoms with Crippen molar-refractivity contribution in [1.29, 1.82) is 0 Å². The number of pyridine rings is 1. The molecule has 2 aliphatic carbocycles. The van der Waals surface area contributed by atoms with Crippen LogP contribution in [0.15, 0.2) is 65.5 Å². The minimum absolute atomic E-state index is 0.0251. The lowest BCUT2D eigenvalue weighted by molar-refractivity contribution is -0.0340. The van der Waals surface area contributed by atoms with Crippen LogP contribution in [-0.2, 0) is 0 Å². The summed E-state index contributed by atoms with van der Waals surface area (Å²) in [7, 11) is 0. The molecule has 2 N–H and O–H groups in total. The molecule has 6 rings (SSSR count). The summed E-state index contributed by atoms with van der Waals surface area (Å²) in [6.07, 6.45) is 4.40. The molecule has 2 heterocycles. The van der Waals surface area contributed by atoms with Crippen LogP contribution in [0.25, 0.3) is 21.7 Å². The Bertz CT molecular complexity index is 1390. The van der Waals surface area contributed by atoms with Crippen LogP contribution in [0.5, 0.6) is 0 Å². The number of aromatic amines is 1. The van der Waals surface area contributed by atoms with Gasteiger partial charge in [-0.25, -0.2) is 10.1 Å². The fourth-order valence-corrected chi connectivity index (χ4v) is 5.52. The second-order valence-electron chi connectivity index (χ2n) is 8.85. The summed E-state index contributed by atoms with van der Waals surface area (Å²) in [5.74, 6) is -0.0731. The van der Waals surface area contributed by atoms with Gasteiger partial charge in [0, 0.05) is 22.7 Å². The molecule has 2 atom stereocenters. The summed E-state index contributed by atoms with van der Waals surface area (Å²) < 4.78 is 0. The first-order valence-corrected chi connectivity index (χ1v) is 10.8. The molecule has 2 aliphatic rings. The van der Waals surface area contributed by atoms with Crippen molar-refractivity contribution >= 4 is 27.6 Å². The molecule has 2 fully saturated rings. The second kappa shape index (κ2) is 6.74. The molecule has 0 bridgehead atoms. The van der Waals surface area contributed by atoms with Gasteiger partial charge in [-0.15, -0.1) is 0 Å². The highest BCUT2D eigenvalue weighted by molar-refractivity contribution is 5.95. The molecular weight excluding hydrogens is 388 g/mol. The van der Waals surface area contributed by atoms with Crippen molar-refractivity contribution in [2.24, 2.45) is 5.41 Å². The van der Waals surface area contributed by atoms with Gasteiger partial charge >= 0.3 is 0 Å². The number of nitrogens with zero attached hydrogens (tertiary/aromatic N) is 2. The van der Waals surface area contributed by atoms with Crippen LogP contribution >= 0.6 is 0 Å². The normalized spacial score (nSPS) is 21.5. The van der Waals surface area contributed by atoms with E-state index in [1.807, 2.05) is 54.6 Å². The van der Waals surface area contributed by atoms with Crippen LogP contribution in [0.1, 0.15) is 47.8 Å². The lowest BCUT2D eigenvalue weighted by atomic mass is 9.46. The summed E-state index contributed by atoms with van der Waals surface area (Å²) in [6, 6.07) is 19.1. The van der Waals surface area contributed by atoms with Gasteiger partial charge in [-0.2, -0.15) is 5.10 Å². The topological polar surface area (TPSA) is 87.7 Å². The molecule has 2 unspecified atom stereocenters. The molecule has 31 heavy (non-hydrogen) atoms. The smallest absolute Gasteiger partial charge is 0.272 e. The van der Waals surface area contributed by atoms with Gasteiger partial charge in [0.2, 0.25) is 0 Å². The maximum Gasteiger partial charge on any atom is 0.272 e. The highest BCUT2D eigenvalue weighted by atomic mass is 16.2. The summed E-state index contributed by atoms with van der Waals surface area (Å²) >= 11 is 0. The van der Waals surface area contributed by atoms with Gasteiger partial charge in [0.05, 0.1) is 16.6 Å². The quantitative estimate of drug-likeness (QED) is 0.536. The van der Waals surface area contributed by atoms with Gasteiger partial charge in [0.25, 0.3) is 11.5 Å². The van der Waals surface area contributed by atoms with E-state index >= 15 is 0 Å². The molecule has 4 aromatic rings. The zero-order valence-electron chi connectivity index (χ0n) is 17.0. The van der Waals surface area contributed by atoms with E-state index in [9.17, 15) is 9.59 Å². The van der Waals surface area contributed by atoms with E-state index in [1.54, 1.807) is 6.07 Å². The third kappa shape index (κ3) is 2.78. The van der Waals surface area contributed by atoms with E-state index < -0.39 is 0 Å². The van der Waals surface area contributed by atoms with E-state index in [1.165, 1.54) is 6.42 Å². The molecule has 154 valence electrons. The van der Waals surface area contributed by atoms with E-state index in [4.69, 9.17) is 0 Å². The molecule has 0 saturated heterocycles. The molecule has 1 spiro atoms. The molecule has 0 aliphatic heterocycles. The summed E-state index contributed by atoms with van der Waals surface area (Å²) in [4.78, 5) is 29.9. The van der Waals surface area contributed by atoms with Gasteiger partial charge in [-0.3, -0.25) is 9.59 Å². The fourth-order valence-electron chi connectivity index (χ4n) is 5.52. The third-order valence-electron chi connectivity index (χ3n) is 7.21. The Balaban J connectivity index is 1.34. The average molecular weight is 410 g/mol. The standard InChI is InChI=1S/C25H22N4O2/c30-23-17-8-3-2-7-16(17)22(28-29-23)21-20(14-25(21)12-5-13-25)27-24(31)19-11-10-15-6-1-4-9-18(15)26-19/h1-4,6-11,20-21H,5,12-14H2,(H,27,31)(H,29,30). The number of nitrogens with one attached hydrogen (secondary N) is 2. The zero-order valence-corrected chi connectivity index (χ0v) is 17.0. The largest absolute Gasteiger partial charge is 0.347 e. The van der Waals surface area contributed by atoms with Crippen molar-refractivity contribution in [3.63, 3.8) is 0 Å². The number of fused-ring (bicyclic) bond motifs is 2. The monoisotopic (exact) mass is 410 g/mol. The number of carbonyl (C=O) groups excluding carboxylic acids is 1. The van der Waals surface area contributed by atoms with Crippen LogP contribution in [0.4, 0.5) is 0 Å². The van der Waals surface area contributed by atoms with Crippen molar-refractivity contribution in [2.75, 3.05) is 0 Å². The van der Waals surface area contributed by atoms with Crippen molar-refractivity contribution in [1.82, 2.24) is 20.5 Å². The number of carbonyl (C=O) groups is 1. The Labute approximate surface area is 178 Å². The van der Waals surface area contributed by atoms with Gasteiger partial charge in [-0.05, 0) is 42.9 Å². The highest BCUT2D eigenvalue weighted by Gasteiger charge is 2.58. The minimum atomic E-state index is -0.178. The van der Waals surface area contributed by atoms with Crippen LogP contribution in [0, 0.1) is 5.41 Å². The van der Waals surface area contributed by atoms with Crippen molar-refractivity contribution in [2.45, 2.75) is 37.6 Å². The molecule has 6 nitrogen and oxygen atoms in total. The van der Waals surface area contributed by atoms with E-state index in [2.05, 4.69) is 20.5 Å². The lowest BCUT2D eigenvalue weighted by Crippen LogP contribution is -2.60. The fraction of sp³-hybridized carbons (Fsp3) is 0.280. The molecule has 2 aromatic carbocycles. The predicted octanol–water partition coefficient (Wildman–Crippen LogP) is 3.93. The maximum atomic E-state index is 13.1. The average Bonchev–Trinajstić information content (AvgIpc) is 2.76. The summed E-state index contributed by atoms with van der Waals surface area (Å²) in [6.45, 7) is 0. The minimum Gasteiger partial charge on any atom is -0.347 e. The van der Waals surface area contributed by atoms with Gasteiger partial charge in [0.1, 0.15) is 5.69 Å². The van der Waals surface area contributed by atoms with Crippen molar-refractivity contribution < 1.29 is 4.79 Å². The van der Waals surface area contributed by atoms with Crippen LogP contribution in [0.2, 0.25) is 0 Å². The molecule has 1 amide bonds. The Hall–Kier alpha value is -3.54. The molecular formula is C25H22N4O2.